The number of nitrogens with one attached hydrogen (secondary N) is 1. The van der Waals surface area contributed by atoms with Gasteiger partial charge in [0, 0.05) is 31.8 Å². The van der Waals surface area contributed by atoms with Gasteiger partial charge in [-0.25, -0.2) is 9.97 Å². The molecule has 0 fully saturated rings. The van der Waals surface area contributed by atoms with E-state index in [1.54, 1.807) is 11.3 Å². The van der Waals surface area contributed by atoms with Crippen molar-refractivity contribution in [1.29, 1.82) is 0 Å². The number of nitrogens with zero attached hydrogens (tertiary/aromatic N) is 2. The van der Waals surface area contributed by atoms with Gasteiger partial charge in [0.05, 0.1) is 5.52 Å². The SMILES string of the molecule is CCNc1nc(-c2cscc2C)nc2c(Br)cc(Br)cc12. The topological polar surface area (TPSA) is 37.8 Å². The summed E-state index contributed by atoms with van der Waals surface area (Å²) in [5, 5.41) is 8.56. The minimum Gasteiger partial charge on any atom is -0.370 e. The normalized spacial score (nSPS) is 11.0. The van der Waals surface area contributed by atoms with Crippen molar-refractivity contribution in [3.8, 4) is 11.4 Å². The summed E-state index contributed by atoms with van der Waals surface area (Å²) in [7, 11) is 0. The molecule has 3 aromatic rings. The van der Waals surface area contributed by atoms with E-state index in [1.165, 1.54) is 5.56 Å². The van der Waals surface area contributed by atoms with Crippen molar-refractivity contribution >= 4 is 59.9 Å². The summed E-state index contributed by atoms with van der Waals surface area (Å²) in [6.07, 6.45) is 0. The smallest absolute Gasteiger partial charge is 0.163 e. The van der Waals surface area contributed by atoms with E-state index in [-0.39, 0.29) is 0 Å². The van der Waals surface area contributed by atoms with Crippen LogP contribution >= 0.6 is 43.2 Å². The highest BCUT2D eigenvalue weighted by molar-refractivity contribution is 9.11. The Morgan fingerprint density at radius 2 is 2.00 bits per heavy atom. The van der Waals surface area contributed by atoms with Crippen molar-refractivity contribution in [2.45, 2.75) is 13.8 Å². The second-order valence-corrected chi connectivity index (χ2v) is 7.19. The molecule has 0 aliphatic carbocycles. The number of anilines is 1. The molecule has 0 radical (unpaired) electrons. The third-order valence-electron chi connectivity index (χ3n) is 3.16. The number of aromatic nitrogens is 2. The molecular weight excluding hydrogens is 414 g/mol. The highest BCUT2D eigenvalue weighted by Crippen LogP contribution is 2.34. The van der Waals surface area contributed by atoms with Gasteiger partial charge in [0.1, 0.15) is 5.82 Å². The van der Waals surface area contributed by atoms with Crippen LogP contribution in [0, 0.1) is 6.92 Å². The van der Waals surface area contributed by atoms with E-state index in [0.717, 1.165) is 43.6 Å². The molecule has 108 valence electrons. The Labute approximate surface area is 144 Å². The average molecular weight is 427 g/mol. The van der Waals surface area contributed by atoms with E-state index in [4.69, 9.17) is 9.97 Å². The Hall–Kier alpha value is -0.980. The maximum Gasteiger partial charge on any atom is 0.163 e. The Kier molecular flexibility index (Phi) is 4.28. The molecule has 0 amide bonds. The van der Waals surface area contributed by atoms with Crippen molar-refractivity contribution in [3.63, 3.8) is 0 Å². The fourth-order valence-corrected chi connectivity index (χ4v) is 4.31. The standard InChI is InChI=1S/C15H13Br2N3S/c1-3-18-14-10-4-9(16)5-12(17)13(10)19-15(20-14)11-7-21-6-8(11)2/h4-7H,3H2,1-2H3,(H,18,19,20). The first-order valence-electron chi connectivity index (χ1n) is 6.54. The minimum atomic E-state index is 0.764. The molecule has 1 aromatic carbocycles. The molecule has 0 bridgehead atoms. The van der Waals surface area contributed by atoms with Gasteiger partial charge >= 0.3 is 0 Å². The number of fused-ring (bicyclic) bond motifs is 1. The van der Waals surface area contributed by atoms with E-state index in [1.807, 2.05) is 12.1 Å². The fraction of sp³-hybridized carbons (Fsp3) is 0.200. The average Bonchev–Trinajstić information content (AvgIpc) is 2.86. The number of benzene rings is 1. The molecule has 3 rings (SSSR count). The zero-order chi connectivity index (χ0) is 15.0. The van der Waals surface area contributed by atoms with Gasteiger partial charge in [0.25, 0.3) is 0 Å². The maximum absolute atomic E-state index is 4.75. The molecule has 0 atom stereocenters. The van der Waals surface area contributed by atoms with Crippen molar-refractivity contribution in [1.82, 2.24) is 9.97 Å². The van der Waals surface area contributed by atoms with Gasteiger partial charge in [-0.1, -0.05) is 15.9 Å². The minimum absolute atomic E-state index is 0.764. The fourth-order valence-electron chi connectivity index (χ4n) is 2.17. The highest BCUT2D eigenvalue weighted by atomic mass is 79.9. The molecule has 2 heterocycles. The van der Waals surface area contributed by atoms with Gasteiger partial charge in [-0.3, -0.25) is 0 Å². The van der Waals surface area contributed by atoms with Crippen LogP contribution in [0.3, 0.4) is 0 Å². The quantitative estimate of drug-likeness (QED) is 0.590. The summed E-state index contributed by atoms with van der Waals surface area (Å²) < 4.78 is 1.96. The van der Waals surface area contributed by atoms with Gasteiger partial charge in [-0.2, -0.15) is 11.3 Å². The van der Waals surface area contributed by atoms with Crippen LogP contribution in [0.15, 0.2) is 31.8 Å². The number of rotatable bonds is 3. The zero-order valence-corrected chi connectivity index (χ0v) is 15.6. The Morgan fingerprint density at radius 1 is 1.19 bits per heavy atom. The van der Waals surface area contributed by atoms with Crippen LogP contribution in [0.25, 0.3) is 22.3 Å². The molecule has 0 aliphatic rings. The van der Waals surface area contributed by atoms with E-state index in [9.17, 15) is 0 Å². The van der Waals surface area contributed by atoms with Crippen molar-refractivity contribution < 1.29 is 0 Å². The van der Waals surface area contributed by atoms with E-state index >= 15 is 0 Å². The molecule has 21 heavy (non-hydrogen) atoms. The van der Waals surface area contributed by atoms with Crippen molar-refractivity contribution in [2.24, 2.45) is 0 Å². The highest BCUT2D eigenvalue weighted by Gasteiger charge is 2.14. The lowest BCUT2D eigenvalue weighted by Gasteiger charge is -2.11. The van der Waals surface area contributed by atoms with Crippen molar-refractivity contribution in [3.05, 3.63) is 37.4 Å². The third kappa shape index (κ3) is 2.84. The lowest BCUT2D eigenvalue weighted by molar-refractivity contribution is 1.14. The number of thiophene rings is 1. The summed E-state index contributed by atoms with van der Waals surface area (Å²) in [6.45, 7) is 4.97. The third-order valence-corrected chi connectivity index (χ3v) is 5.08. The summed E-state index contributed by atoms with van der Waals surface area (Å²) >= 11 is 8.80. The number of hydrogen-bond acceptors (Lipinski definition) is 4. The second-order valence-electron chi connectivity index (χ2n) is 4.68. The first-order valence-corrected chi connectivity index (χ1v) is 9.07. The van der Waals surface area contributed by atoms with Crippen LogP contribution in [-0.4, -0.2) is 16.5 Å². The van der Waals surface area contributed by atoms with Crippen molar-refractivity contribution in [2.75, 3.05) is 11.9 Å². The lowest BCUT2D eigenvalue weighted by Crippen LogP contribution is -2.03. The van der Waals surface area contributed by atoms with E-state index in [2.05, 4.69) is 61.8 Å². The van der Waals surface area contributed by atoms with Gasteiger partial charge in [0.2, 0.25) is 0 Å². The number of halogens is 2. The Bertz CT molecular complexity index is 814. The van der Waals surface area contributed by atoms with Crippen LogP contribution < -0.4 is 5.32 Å². The van der Waals surface area contributed by atoms with Gasteiger partial charge in [-0.05, 0) is 52.9 Å². The van der Waals surface area contributed by atoms with Gasteiger partial charge in [0.15, 0.2) is 5.82 Å². The maximum atomic E-state index is 4.75. The number of hydrogen-bond donors (Lipinski definition) is 1. The molecule has 0 aliphatic heterocycles. The first kappa shape index (κ1) is 14.9. The lowest BCUT2D eigenvalue weighted by atomic mass is 10.2. The van der Waals surface area contributed by atoms with E-state index in [0.29, 0.717) is 0 Å². The van der Waals surface area contributed by atoms with Crippen LogP contribution in [0.4, 0.5) is 5.82 Å². The molecule has 1 N–H and O–H groups in total. The predicted molar refractivity (Wildman–Crippen MR) is 97.2 cm³/mol. The summed E-state index contributed by atoms with van der Waals surface area (Å²) in [6, 6.07) is 4.05. The second kappa shape index (κ2) is 6.02. The molecule has 2 aromatic heterocycles. The molecular formula is C15H13Br2N3S. The Balaban J connectivity index is 2.32. The van der Waals surface area contributed by atoms with Gasteiger partial charge in [-0.15, -0.1) is 0 Å². The van der Waals surface area contributed by atoms with E-state index < -0.39 is 0 Å². The Morgan fingerprint density at radius 3 is 2.67 bits per heavy atom. The number of aryl methyl sites for hydroxylation is 1. The van der Waals surface area contributed by atoms with Crippen LogP contribution in [0.2, 0.25) is 0 Å². The van der Waals surface area contributed by atoms with Gasteiger partial charge < -0.3 is 5.32 Å². The largest absolute Gasteiger partial charge is 0.370 e. The molecule has 0 saturated heterocycles. The summed E-state index contributed by atoms with van der Waals surface area (Å²) in [5.74, 6) is 1.63. The van der Waals surface area contributed by atoms with Crippen LogP contribution in [0.5, 0.6) is 0 Å². The zero-order valence-electron chi connectivity index (χ0n) is 11.6. The molecule has 0 unspecified atom stereocenters. The summed E-state index contributed by atoms with van der Waals surface area (Å²) in [5.41, 5.74) is 3.22. The predicted octanol–water partition coefficient (Wildman–Crippen LogP) is 5.62. The summed E-state index contributed by atoms with van der Waals surface area (Å²) in [4.78, 5) is 9.47. The van der Waals surface area contributed by atoms with Crippen LogP contribution in [-0.2, 0) is 0 Å². The monoisotopic (exact) mass is 425 g/mol. The first-order chi connectivity index (χ1) is 10.1. The molecule has 6 heteroatoms. The van der Waals surface area contributed by atoms with Crippen LogP contribution in [0.1, 0.15) is 12.5 Å². The molecule has 3 nitrogen and oxygen atoms in total. The molecule has 0 spiro atoms. The molecule has 0 saturated carbocycles.